The van der Waals surface area contributed by atoms with Crippen LogP contribution in [0, 0.1) is 0 Å². The van der Waals surface area contributed by atoms with Crippen molar-refractivity contribution in [3.05, 3.63) is 35.9 Å². The van der Waals surface area contributed by atoms with Gasteiger partial charge >= 0.3 is 6.03 Å². The lowest BCUT2D eigenvalue weighted by molar-refractivity contribution is -0.138. The molecule has 0 spiro atoms. The van der Waals surface area contributed by atoms with Crippen LogP contribution in [0.15, 0.2) is 30.3 Å². The SMILES string of the molecule is CC[C@]1(C)NC(=O)N(NC(=O)CNC(=O)Cc2ccccc2)C1=O. The molecule has 1 heterocycles. The van der Waals surface area contributed by atoms with E-state index in [1.54, 1.807) is 26.0 Å². The second-order valence-corrected chi connectivity index (χ2v) is 5.73. The fraction of sp³-hybridized carbons (Fsp3) is 0.375. The van der Waals surface area contributed by atoms with E-state index in [9.17, 15) is 19.2 Å². The Bertz CT molecular complexity index is 661. The van der Waals surface area contributed by atoms with Gasteiger partial charge in [-0.1, -0.05) is 37.3 Å². The molecule has 2 rings (SSSR count). The molecule has 128 valence electrons. The van der Waals surface area contributed by atoms with Crippen LogP contribution >= 0.6 is 0 Å². The molecule has 0 unspecified atom stereocenters. The van der Waals surface area contributed by atoms with Gasteiger partial charge in [0.05, 0.1) is 13.0 Å². The Morgan fingerprint density at radius 2 is 1.83 bits per heavy atom. The van der Waals surface area contributed by atoms with Crippen LogP contribution in [0.2, 0.25) is 0 Å². The molecular formula is C16H20N4O4. The highest BCUT2D eigenvalue weighted by atomic mass is 16.2. The van der Waals surface area contributed by atoms with E-state index in [0.29, 0.717) is 11.4 Å². The first-order valence-electron chi connectivity index (χ1n) is 7.62. The van der Waals surface area contributed by atoms with Crippen molar-refractivity contribution >= 4 is 23.8 Å². The number of hydrogen-bond acceptors (Lipinski definition) is 4. The van der Waals surface area contributed by atoms with Gasteiger partial charge in [0.2, 0.25) is 5.91 Å². The smallest absolute Gasteiger partial charge is 0.344 e. The van der Waals surface area contributed by atoms with E-state index in [4.69, 9.17) is 0 Å². The number of carbonyl (C=O) groups excluding carboxylic acids is 4. The first kappa shape index (κ1) is 17.5. The summed E-state index contributed by atoms with van der Waals surface area (Å²) in [4.78, 5) is 47.5. The van der Waals surface area contributed by atoms with Crippen molar-refractivity contribution in [1.82, 2.24) is 21.1 Å². The third kappa shape index (κ3) is 3.89. The van der Waals surface area contributed by atoms with Crippen molar-refractivity contribution in [3.8, 4) is 0 Å². The highest BCUT2D eigenvalue weighted by molar-refractivity contribution is 6.07. The molecule has 1 aliphatic heterocycles. The van der Waals surface area contributed by atoms with Crippen molar-refractivity contribution in [2.75, 3.05) is 6.54 Å². The van der Waals surface area contributed by atoms with Crippen LogP contribution in [0.3, 0.4) is 0 Å². The molecule has 1 aliphatic rings. The molecule has 1 aromatic rings. The Hall–Kier alpha value is -2.90. The van der Waals surface area contributed by atoms with Crippen molar-refractivity contribution < 1.29 is 19.2 Å². The Kier molecular flexibility index (Phi) is 5.18. The van der Waals surface area contributed by atoms with Crippen molar-refractivity contribution in [2.45, 2.75) is 32.2 Å². The van der Waals surface area contributed by atoms with Crippen LogP contribution < -0.4 is 16.1 Å². The largest absolute Gasteiger partial charge is 0.347 e. The highest BCUT2D eigenvalue weighted by Gasteiger charge is 2.47. The topological polar surface area (TPSA) is 108 Å². The van der Waals surface area contributed by atoms with Gasteiger partial charge in [-0.05, 0) is 18.9 Å². The quantitative estimate of drug-likeness (QED) is 0.642. The van der Waals surface area contributed by atoms with E-state index in [0.717, 1.165) is 5.56 Å². The molecule has 0 saturated carbocycles. The maximum atomic E-state index is 12.1. The van der Waals surface area contributed by atoms with Crippen molar-refractivity contribution in [3.63, 3.8) is 0 Å². The predicted octanol–water partition coefficient (Wildman–Crippen LogP) is 0.0970. The number of nitrogens with one attached hydrogen (secondary N) is 3. The van der Waals surface area contributed by atoms with Crippen LogP contribution in [-0.2, 0) is 20.8 Å². The average Bonchev–Trinajstić information content (AvgIpc) is 2.78. The summed E-state index contributed by atoms with van der Waals surface area (Å²) in [5.74, 6) is -1.51. The minimum Gasteiger partial charge on any atom is -0.347 e. The van der Waals surface area contributed by atoms with Crippen LogP contribution in [0.25, 0.3) is 0 Å². The number of rotatable bonds is 6. The van der Waals surface area contributed by atoms with E-state index in [1.807, 2.05) is 18.2 Å². The summed E-state index contributed by atoms with van der Waals surface area (Å²) < 4.78 is 0. The molecule has 5 amide bonds. The normalized spacial score (nSPS) is 19.8. The molecule has 24 heavy (non-hydrogen) atoms. The van der Waals surface area contributed by atoms with Gasteiger partial charge in [-0.25, -0.2) is 4.79 Å². The van der Waals surface area contributed by atoms with Crippen LogP contribution in [0.4, 0.5) is 4.79 Å². The molecule has 1 fully saturated rings. The van der Waals surface area contributed by atoms with E-state index < -0.39 is 23.4 Å². The van der Waals surface area contributed by atoms with Gasteiger partial charge in [-0.3, -0.25) is 19.8 Å². The average molecular weight is 332 g/mol. The molecule has 8 nitrogen and oxygen atoms in total. The minimum atomic E-state index is -1.03. The lowest BCUT2D eigenvalue weighted by Gasteiger charge is -2.19. The molecule has 1 atom stereocenters. The zero-order valence-electron chi connectivity index (χ0n) is 13.6. The van der Waals surface area contributed by atoms with Crippen molar-refractivity contribution in [1.29, 1.82) is 0 Å². The summed E-state index contributed by atoms with van der Waals surface area (Å²) in [5.41, 5.74) is 2.00. The number of hydrazine groups is 1. The number of benzene rings is 1. The monoisotopic (exact) mass is 332 g/mol. The van der Waals surface area contributed by atoms with Gasteiger partial charge in [0.25, 0.3) is 11.8 Å². The molecule has 0 aromatic heterocycles. The van der Waals surface area contributed by atoms with Crippen LogP contribution in [-0.4, -0.2) is 40.8 Å². The van der Waals surface area contributed by atoms with Crippen LogP contribution in [0.1, 0.15) is 25.8 Å². The maximum Gasteiger partial charge on any atom is 0.344 e. The Morgan fingerprint density at radius 3 is 2.42 bits per heavy atom. The molecule has 0 aliphatic carbocycles. The molecular weight excluding hydrogens is 312 g/mol. The van der Waals surface area contributed by atoms with Crippen LogP contribution in [0.5, 0.6) is 0 Å². The number of urea groups is 1. The standard InChI is InChI=1S/C16H20N4O4/c1-3-16(2)14(23)20(15(24)18-16)19-13(22)10-17-12(21)9-11-7-5-4-6-8-11/h4-8H,3,9-10H2,1-2H3,(H,17,21)(H,18,24)(H,19,22)/t16-/m0/s1. The second kappa shape index (κ2) is 7.12. The van der Waals surface area contributed by atoms with Crippen molar-refractivity contribution in [2.24, 2.45) is 0 Å². The number of nitrogens with zero attached hydrogens (tertiary/aromatic N) is 1. The number of carbonyl (C=O) groups is 4. The van der Waals surface area contributed by atoms with Gasteiger partial charge < -0.3 is 10.6 Å². The van der Waals surface area contributed by atoms with E-state index in [1.165, 1.54) is 0 Å². The lowest BCUT2D eigenvalue weighted by Crippen LogP contribution is -2.51. The second-order valence-electron chi connectivity index (χ2n) is 5.73. The highest BCUT2D eigenvalue weighted by Crippen LogP contribution is 2.18. The maximum absolute atomic E-state index is 12.1. The zero-order chi connectivity index (χ0) is 17.7. The Morgan fingerprint density at radius 1 is 1.17 bits per heavy atom. The first-order chi connectivity index (χ1) is 11.4. The van der Waals surface area contributed by atoms with Gasteiger partial charge in [-0.2, -0.15) is 5.01 Å². The zero-order valence-corrected chi connectivity index (χ0v) is 13.6. The fourth-order valence-electron chi connectivity index (χ4n) is 2.21. The fourth-order valence-corrected chi connectivity index (χ4v) is 2.21. The summed E-state index contributed by atoms with van der Waals surface area (Å²) >= 11 is 0. The van der Waals surface area contributed by atoms with Gasteiger partial charge in [0, 0.05) is 0 Å². The van der Waals surface area contributed by atoms with Gasteiger partial charge in [-0.15, -0.1) is 0 Å². The predicted molar refractivity (Wildman–Crippen MR) is 85.4 cm³/mol. The lowest BCUT2D eigenvalue weighted by atomic mass is 10.00. The third-order valence-corrected chi connectivity index (χ3v) is 3.86. The summed E-state index contributed by atoms with van der Waals surface area (Å²) in [6.45, 7) is 3.01. The van der Waals surface area contributed by atoms with Gasteiger partial charge in [0.15, 0.2) is 0 Å². The summed E-state index contributed by atoms with van der Waals surface area (Å²) in [6, 6.07) is 8.40. The summed E-state index contributed by atoms with van der Waals surface area (Å²) in [5, 5.41) is 5.61. The Labute approximate surface area is 139 Å². The molecule has 1 aromatic carbocycles. The molecule has 1 saturated heterocycles. The third-order valence-electron chi connectivity index (χ3n) is 3.86. The molecule has 3 N–H and O–H groups in total. The minimum absolute atomic E-state index is 0.144. The first-order valence-corrected chi connectivity index (χ1v) is 7.62. The van der Waals surface area contributed by atoms with Gasteiger partial charge in [0.1, 0.15) is 5.54 Å². The number of hydrogen-bond donors (Lipinski definition) is 3. The summed E-state index contributed by atoms with van der Waals surface area (Å²) in [6.07, 6.45) is 0.545. The molecule has 0 radical (unpaired) electrons. The molecule has 8 heteroatoms. The van der Waals surface area contributed by atoms with E-state index >= 15 is 0 Å². The number of amides is 5. The van der Waals surface area contributed by atoms with E-state index in [-0.39, 0.29) is 18.9 Å². The Balaban J connectivity index is 1.82. The van der Waals surface area contributed by atoms with E-state index in [2.05, 4.69) is 16.1 Å². The number of imide groups is 1. The summed E-state index contributed by atoms with van der Waals surface area (Å²) in [7, 11) is 0. The molecule has 0 bridgehead atoms.